The van der Waals surface area contributed by atoms with Crippen LogP contribution < -0.4 is 15.5 Å². The molecule has 0 bridgehead atoms. The van der Waals surface area contributed by atoms with E-state index in [0.717, 1.165) is 33.9 Å². The number of nitrogens with one attached hydrogen (secondary N) is 2. The lowest BCUT2D eigenvalue weighted by molar-refractivity contribution is 0.0963. The Kier molecular flexibility index (Phi) is 8.91. The van der Waals surface area contributed by atoms with Crippen molar-refractivity contribution in [2.45, 2.75) is 13.8 Å². The fourth-order valence-electron chi connectivity index (χ4n) is 3.17. The van der Waals surface area contributed by atoms with Gasteiger partial charge in [-0.1, -0.05) is 43.0 Å². The second kappa shape index (κ2) is 11.4. The highest BCUT2D eigenvalue weighted by Gasteiger charge is 2.18. The van der Waals surface area contributed by atoms with Gasteiger partial charge in [0.1, 0.15) is 0 Å². The zero-order valence-electron chi connectivity index (χ0n) is 18.6. The van der Waals surface area contributed by atoms with Crippen molar-refractivity contribution in [3.63, 3.8) is 0 Å². The molecule has 164 valence electrons. The van der Waals surface area contributed by atoms with Gasteiger partial charge >= 0.3 is 0 Å². The fourth-order valence-corrected chi connectivity index (χ4v) is 3.30. The molecule has 6 heteroatoms. The van der Waals surface area contributed by atoms with E-state index in [9.17, 15) is 4.79 Å². The van der Waals surface area contributed by atoms with Crippen LogP contribution in [0.4, 0.5) is 5.69 Å². The van der Waals surface area contributed by atoms with E-state index in [1.165, 1.54) is 0 Å². The first-order chi connectivity index (χ1) is 14.8. The van der Waals surface area contributed by atoms with E-state index >= 15 is 0 Å². The zero-order valence-corrected chi connectivity index (χ0v) is 19.3. The van der Waals surface area contributed by atoms with Crippen molar-refractivity contribution in [3.05, 3.63) is 94.8 Å². The van der Waals surface area contributed by atoms with E-state index in [1.807, 2.05) is 62.4 Å². The van der Waals surface area contributed by atoms with Gasteiger partial charge in [-0.05, 0) is 55.3 Å². The highest BCUT2D eigenvalue weighted by Crippen LogP contribution is 2.27. The van der Waals surface area contributed by atoms with Gasteiger partial charge < -0.3 is 20.3 Å². The summed E-state index contributed by atoms with van der Waals surface area (Å²) in [6.07, 6.45) is 1.96. The van der Waals surface area contributed by atoms with Crippen LogP contribution in [0.25, 0.3) is 5.70 Å². The number of hydrogen-bond acceptors (Lipinski definition) is 4. The topological polar surface area (TPSA) is 53.6 Å². The van der Waals surface area contributed by atoms with Gasteiger partial charge in [-0.3, -0.25) is 4.79 Å². The van der Waals surface area contributed by atoms with Gasteiger partial charge in [0.2, 0.25) is 0 Å². The molecule has 0 aliphatic carbocycles. The standard InChI is InChI=1S/C25H30ClN3O2/c1-7-23(28-18(3)20-8-11-22(26)12-9-20)19(4)29(14-15-31-6)24-13-10-21(16-17(24)2)25(30)27-5/h7-13,16,28H,3-4,14-15H2,1-2,5-6H3,(H,27,30)/b23-7-. The van der Waals surface area contributed by atoms with Gasteiger partial charge in [0.25, 0.3) is 5.91 Å². The number of hydrogen-bond donors (Lipinski definition) is 2. The number of benzene rings is 2. The average molecular weight is 440 g/mol. The average Bonchev–Trinajstić information content (AvgIpc) is 2.77. The Hall–Kier alpha value is -3.02. The number of halogens is 1. The summed E-state index contributed by atoms with van der Waals surface area (Å²) in [5, 5.41) is 6.69. The molecule has 2 aromatic carbocycles. The molecule has 0 saturated heterocycles. The van der Waals surface area contributed by atoms with Crippen LogP contribution >= 0.6 is 11.6 Å². The Labute approximate surface area is 190 Å². The number of amides is 1. The Morgan fingerprint density at radius 3 is 2.35 bits per heavy atom. The first-order valence-electron chi connectivity index (χ1n) is 9.99. The number of allylic oxidation sites excluding steroid dienone is 1. The number of carbonyl (C=O) groups is 1. The lowest BCUT2D eigenvalue weighted by Crippen LogP contribution is -2.31. The van der Waals surface area contributed by atoms with Crippen molar-refractivity contribution in [3.8, 4) is 0 Å². The third-order valence-corrected chi connectivity index (χ3v) is 5.15. The molecule has 0 fully saturated rings. The summed E-state index contributed by atoms with van der Waals surface area (Å²) in [5.41, 5.74) is 5.80. The van der Waals surface area contributed by atoms with Crippen LogP contribution in [-0.4, -0.2) is 33.2 Å². The number of nitrogens with zero attached hydrogens (tertiary/aromatic N) is 1. The van der Waals surface area contributed by atoms with Crippen LogP contribution in [0.5, 0.6) is 0 Å². The predicted molar refractivity (Wildman–Crippen MR) is 130 cm³/mol. The van der Waals surface area contributed by atoms with Crippen LogP contribution in [0.15, 0.2) is 73.1 Å². The third kappa shape index (κ3) is 6.23. The minimum Gasteiger partial charge on any atom is -0.383 e. The maximum absolute atomic E-state index is 12.0. The number of rotatable bonds is 10. The first kappa shape index (κ1) is 24.3. The van der Waals surface area contributed by atoms with Crippen molar-refractivity contribution >= 4 is 28.9 Å². The molecule has 1 amide bonds. The van der Waals surface area contributed by atoms with Crippen molar-refractivity contribution in [2.75, 3.05) is 32.2 Å². The Balaban J connectivity index is 2.31. The summed E-state index contributed by atoms with van der Waals surface area (Å²) in [6.45, 7) is 13.5. The quantitative estimate of drug-likeness (QED) is 0.503. The molecule has 5 nitrogen and oxygen atoms in total. The van der Waals surface area contributed by atoms with Crippen LogP contribution in [0.2, 0.25) is 5.02 Å². The molecule has 0 aromatic heterocycles. The summed E-state index contributed by atoms with van der Waals surface area (Å²) in [7, 11) is 3.29. The Bertz CT molecular complexity index is 981. The second-order valence-electron chi connectivity index (χ2n) is 6.98. The van der Waals surface area contributed by atoms with Gasteiger partial charge in [-0.25, -0.2) is 0 Å². The fraction of sp³-hybridized carbons (Fsp3) is 0.240. The summed E-state index contributed by atoms with van der Waals surface area (Å²) < 4.78 is 5.32. The van der Waals surface area contributed by atoms with E-state index in [0.29, 0.717) is 23.7 Å². The summed E-state index contributed by atoms with van der Waals surface area (Å²) in [6, 6.07) is 13.1. The van der Waals surface area contributed by atoms with Crippen LogP contribution in [0.3, 0.4) is 0 Å². The van der Waals surface area contributed by atoms with Crippen LogP contribution in [-0.2, 0) is 4.74 Å². The van der Waals surface area contributed by atoms with Gasteiger partial charge in [-0.2, -0.15) is 0 Å². The Morgan fingerprint density at radius 2 is 1.81 bits per heavy atom. The molecule has 0 radical (unpaired) electrons. The lowest BCUT2D eigenvalue weighted by Gasteiger charge is -2.30. The molecular formula is C25H30ClN3O2. The van der Waals surface area contributed by atoms with Crippen molar-refractivity contribution in [1.82, 2.24) is 10.6 Å². The van der Waals surface area contributed by atoms with Crippen molar-refractivity contribution in [2.24, 2.45) is 0 Å². The summed E-state index contributed by atoms with van der Waals surface area (Å²) in [4.78, 5) is 14.1. The largest absolute Gasteiger partial charge is 0.383 e. The summed E-state index contributed by atoms with van der Waals surface area (Å²) >= 11 is 5.99. The van der Waals surface area contributed by atoms with Crippen molar-refractivity contribution in [1.29, 1.82) is 0 Å². The second-order valence-corrected chi connectivity index (χ2v) is 7.42. The minimum atomic E-state index is -0.119. The van der Waals surface area contributed by atoms with Gasteiger partial charge in [0, 0.05) is 42.7 Å². The molecule has 0 aliphatic rings. The van der Waals surface area contributed by atoms with Gasteiger partial charge in [-0.15, -0.1) is 0 Å². The smallest absolute Gasteiger partial charge is 0.251 e. The third-order valence-electron chi connectivity index (χ3n) is 4.90. The first-order valence-corrected chi connectivity index (χ1v) is 10.4. The number of ether oxygens (including phenoxy) is 1. The predicted octanol–water partition coefficient (Wildman–Crippen LogP) is 5.14. The lowest BCUT2D eigenvalue weighted by atomic mass is 10.1. The molecule has 2 N–H and O–H groups in total. The van der Waals surface area contributed by atoms with E-state index in [2.05, 4.69) is 28.7 Å². The maximum atomic E-state index is 12.0. The molecule has 2 rings (SSSR count). The molecule has 31 heavy (non-hydrogen) atoms. The van der Waals surface area contributed by atoms with Crippen molar-refractivity contribution < 1.29 is 9.53 Å². The zero-order chi connectivity index (χ0) is 23.0. The highest BCUT2D eigenvalue weighted by molar-refractivity contribution is 6.30. The molecule has 0 unspecified atom stereocenters. The van der Waals surface area contributed by atoms with Crippen LogP contribution in [0.1, 0.15) is 28.4 Å². The molecule has 0 atom stereocenters. The van der Waals surface area contributed by atoms with Gasteiger partial charge in [0.05, 0.1) is 18.0 Å². The van der Waals surface area contributed by atoms with E-state index in [4.69, 9.17) is 16.3 Å². The molecular weight excluding hydrogens is 410 g/mol. The Morgan fingerprint density at radius 1 is 1.16 bits per heavy atom. The highest BCUT2D eigenvalue weighted by atomic mass is 35.5. The van der Waals surface area contributed by atoms with E-state index in [1.54, 1.807) is 14.2 Å². The number of anilines is 1. The van der Waals surface area contributed by atoms with Crippen LogP contribution in [0, 0.1) is 6.92 Å². The molecule has 0 aliphatic heterocycles. The van der Waals surface area contributed by atoms with Gasteiger partial charge in [0.15, 0.2) is 0 Å². The molecule has 2 aromatic rings. The maximum Gasteiger partial charge on any atom is 0.251 e. The number of methoxy groups -OCH3 is 1. The van der Waals surface area contributed by atoms with E-state index in [-0.39, 0.29) is 5.91 Å². The summed E-state index contributed by atoms with van der Waals surface area (Å²) in [5.74, 6) is -0.119. The number of carbonyl (C=O) groups excluding carboxylic acids is 1. The molecule has 0 heterocycles. The molecule has 0 spiro atoms. The van der Waals surface area contributed by atoms with E-state index < -0.39 is 0 Å². The molecule has 0 saturated carbocycles. The number of aryl methyl sites for hydroxylation is 1. The normalized spacial score (nSPS) is 11.1. The SMILES string of the molecule is C=C(N/C(=C\C)C(=C)N(CCOC)c1ccc(C(=O)NC)cc1C)c1ccc(Cl)cc1. The minimum absolute atomic E-state index is 0.119. The monoisotopic (exact) mass is 439 g/mol.